The van der Waals surface area contributed by atoms with Gasteiger partial charge in [-0.2, -0.15) is 0 Å². The molecule has 0 spiro atoms. The van der Waals surface area contributed by atoms with Crippen LogP contribution < -0.4 is 4.74 Å². The van der Waals surface area contributed by atoms with Gasteiger partial charge in [0, 0.05) is 24.0 Å². The molecule has 0 bridgehead atoms. The lowest BCUT2D eigenvalue weighted by atomic mass is 9.77. The topological polar surface area (TPSA) is 34.0 Å². The molecule has 3 aliphatic heterocycles. The number of aryl methyl sites for hydroxylation is 1. The Kier molecular flexibility index (Phi) is 8.10. The van der Waals surface area contributed by atoms with E-state index in [0.717, 1.165) is 68.9 Å². The minimum Gasteiger partial charge on any atom is -0.493 e. The second-order valence-electron chi connectivity index (χ2n) is 12.8. The van der Waals surface area contributed by atoms with Crippen molar-refractivity contribution < 1.29 is 4.74 Å². The molecule has 3 nitrogen and oxygen atoms in total. The standard InChI is InChI=1S/C37H46N2O/c1-5-28-15-17-38-26(4)34(20-27-9-10-27)35(28)22-30-16-18-40-37-14-13-31(21-33(37)19-24(30)2)32-12-11-29-8-6-7-25(3)39-36(29)23-32/h11-14,17,21,23-24,27,30H,5-10,15-16,18-20,22H2,1-4H3. The highest BCUT2D eigenvalue weighted by atomic mass is 16.5. The van der Waals surface area contributed by atoms with E-state index < -0.39 is 0 Å². The van der Waals surface area contributed by atoms with Crippen LogP contribution in [0.4, 0.5) is 5.69 Å². The van der Waals surface area contributed by atoms with Crippen LogP contribution in [0, 0.1) is 17.8 Å². The van der Waals surface area contributed by atoms with Crippen molar-refractivity contribution in [1.29, 1.82) is 0 Å². The number of allylic oxidation sites excluding steroid dienone is 4. The van der Waals surface area contributed by atoms with Gasteiger partial charge in [-0.1, -0.05) is 37.6 Å². The van der Waals surface area contributed by atoms with Crippen molar-refractivity contribution in [2.24, 2.45) is 27.7 Å². The largest absolute Gasteiger partial charge is 0.493 e. The zero-order valence-electron chi connectivity index (χ0n) is 25.1. The molecule has 2 unspecified atom stereocenters. The normalized spacial score (nSPS) is 23.4. The summed E-state index contributed by atoms with van der Waals surface area (Å²) in [5.41, 5.74) is 13.7. The fourth-order valence-corrected chi connectivity index (χ4v) is 7.03. The third-order valence-corrected chi connectivity index (χ3v) is 9.80. The van der Waals surface area contributed by atoms with Crippen LogP contribution in [0.1, 0.15) is 96.6 Å². The Morgan fingerprint density at radius 2 is 1.73 bits per heavy atom. The minimum atomic E-state index is 0.592. The number of benzene rings is 2. The van der Waals surface area contributed by atoms with E-state index in [0.29, 0.717) is 11.8 Å². The van der Waals surface area contributed by atoms with E-state index in [1.807, 2.05) is 0 Å². The average molecular weight is 535 g/mol. The van der Waals surface area contributed by atoms with E-state index in [9.17, 15) is 0 Å². The van der Waals surface area contributed by atoms with Crippen LogP contribution in [-0.4, -0.2) is 18.5 Å². The van der Waals surface area contributed by atoms with Crippen LogP contribution in [0.5, 0.6) is 5.75 Å². The van der Waals surface area contributed by atoms with Gasteiger partial charge in [-0.05, 0) is 147 Å². The second-order valence-corrected chi connectivity index (χ2v) is 12.8. The highest BCUT2D eigenvalue weighted by Gasteiger charge is 2.30. The maximum atomic E-state index is 6.43. The summed E-state index contributed by atoms with van der Waals surface area (Å²) in [5, 5.41) is 0. The van der Waals surface area contributed by atoms with Crippen LogP contribution in [0.3, 0.4) is 0 Å². The van der Waals surface area contributed by atoms with Crippen molar-refractivity contribution in [3.63, 3.8) is 0 Å². The minimum absolute atomic E-state index is 0.592. The first-order valence-electron chi connectivity index (χ1n) is 15.8. The fourth-order valence-electron chi connectivity index (χ4n) is 7.03. The van der Waals surface area contributed by atoms with Gasteiger partial charge in [-0.3, -0.25) is 9.98 Å². The number of ether oxygens (including phenoxy) is 1. The van der Waals surface area contributed by atoms with Crippen LogP contribution in [-0.2, 0) is 12.8 Å². The molecule has 1 aliphatic carbocycles. The maximum Gasteiger partial charge on any atom is 0.122 e. The highest BCUT2D eigenvalue weighted by molar-refractivity contribution is 5.86. The molecular weight excluding hydrogens is 488 g/mol. The molecule has 210 valence electrons. The van der Waals surface area contributed by atoms with Crippen molar-refractivity contribution >= 4 is 17.6 Å². The van der Waals surface area contributed by atoms with Gasteiger partial charge in [0.2, 0.25) is 0 Å². The monoisotopic (exact) mass is 534 g/mol. The summed E-state index contributed by atoms with van der Waals surface area (Å²) in [6.45, 7) is 10.00. The molecular formula is C37H46N2O. The summed E-state index contributed by atoms with van der Waals surface area (Å²) < 4.78 is 6.43. The molecule has 1 saturated carbocycles. The quantitative estimate of drug-likeness (QED) is 0.363. The molecule has 40 heavy (non-hydrogen) atoms. The van der Waals surface area contributed by atoms with Gasteiger partial charge >= 0.3 is 0 Å². The maximum absolute atomic E-state index is 6.43. The van der Waals surface area contributed by atoms with E-state index in [1.165, 1.54) is 59.3 Å². The highest BCUT2D eigenvalue weighted by Crippen LogP contribution is 2.44. The van der Waals surface area contributed by atoms with E-state index in [2.05, 4.69) is 70.3 Å². The lowest BCUT2D eigenvalue weighted by Gasteiger charge is -2.30. The Labute approximate surface area is 241 Å². The zero-order valence-corrected chi connectivity index (χ0v) is 25.1. The molecule has 2 atom stereocenters. The number of hydrogen-bond donors (Lipinski definition) is 0. The molecule has 0 radical (unpaired) electrons. The van der Waals surface area contributed by atoms with Crippen molar-refractivity contribution in [3.8, 4) is 16.9 Å². The molecule has 0 amide bonds. The van der Waals surface area contributed by atoms with E-state index >= 15 is 0 Å². The molecule has 3 heteroatoms. The van der Waals surface area contributed by atoms with Gasteiger partial charge < -0.3 is 4.74 Å². The lowest BCUT2D eigenvalue weighted by molar-refractivity contribution is 0.221. The summed E-state index contributed by atoms with van der Waals surface area (Å²) in [4.78, 5) is 9.81. The molecule has 3 heterocycles. The average Bonchev–Trinajstić information content (AvgIpc) is 3.79. The van der Waals surface area contributed by atoms with E-state index in [1.54, 1.807) is 16.7 Å². The number of hydrogen-bond acceptors (Lipinski definition) is 3. The molecule has 4 aliphatic rings. The Bertz CT molecular complexity index is 1390. The first kappa shape index (κ1) is 27.2. The molecule has 6 rings (SSSR count). The third kappa shape index (κ3) is 6.04. The number of rotatable bonds is 6. The van der Waals surface area contributed by atoms with Crippen molar-refractivity contribution in [2.75, 3.05) is 6.61 Å². The molecule has 0 aromatic heterocycles. The van der Waals surface area contributed by atoms with Crippen molar-refractivity contribution in [1.82, 2.24) is 0 Å². The summed E-state index contributed by atoms with van der Waals surface area (Å²) >= 11 is 0. The third-order valence-electron chi connectivity index (χ3n) is 9.80. The Morgan fingerprint density at radius 1 is 0.900 bits per heavy atom. The number of nitrogens with zero attached hydrogens (tertiary/aromatic N) is 2. The van der Waals surface area contributed by atoms with E-state index in [-0.39, 0.29) is 0 Å². The molecule has 0 saturated heterocycles. The molecule has 2 aromatic rings. The zero-order chi connectivity index (χ0) is 27.6. The summed E-state index contributed by atoms with van der Waals surface area (Å²) in [7, 11) is 0. The van der Waals surface area contributed by atoms with Crippen LogP contribution in [0.2, 0.25) is 0 Å². The van der Waals surface area contributed by atoms with Crippen LogP contribution in [0.25, 0.3) is 11.1 Å². The fraction of sp³-hybridized carbons (Fsp3) is 0.514. The predicted octanol–water partition coefficient (Wildman–Crippen LogP) is 10.0. The van der Waals surface area contributed by atoms with Crippen LogP contribution in [0.15, 0.2) is 68.8 Å². The van der Waals surface area contributed by atoms with E-state index in [4.69, 9.17) is 14.7 Å². The Hall–Kier alpha value is -2.94. The van der Waals surface area contributed by atoms with Crippen molar-refractivity contribution in [3.05, 3.63) is 69.9 Å². The van der Waals surface area contributed by atoms with Gasteiger partial charge in [0.1, 0.15) is 5.75 Å². The Morgan fingerprint density at radius 3 is 2.55 bits per heavy atom. The first-order chi connectivity index (χ1) is 19.5. The molecule has 1 fully saturated rings. The summed E-state index contributed by atoms with van der Waals surface area (Å²) in [6.07, 6.45) is 15.0. The Balaban J connectivity index is 1.26. The first-order valence-corrected chi connectivity index (χ1v) is 15.8. The second kappa shape index (κ2) is 11.9. The smallest absolute Gasteiger partial charge is 0.122 e. The summed E-state index contributed by atoms with van der Waals surface area (Å²) in [6, 6.07) is 13.7. The van der Waals surface area contributed by atoms with Gasteiger partial charge in [0.05, 0.1) is 12.3 Å². The van der Waals surface area contributed by atoms with Gasteiger partial charge in [-0.15, -0.1) is 0 Å². The number of aliphatic imine (C=N–C) groups is 2. The van der Waals surface area contributed by atoms with Crippen LogP contribution >= 0.6 is 0 Å². The predicted molar refractivity (Wildman–Crippen MR) is 169 cm³/mol. The molecule has 2 aromatic carbocycles. The SMILES string of the molecule is CCC1=C(CC2CCOc3ccc(-c4ccc5c(c4)N=C(C)CCC5)cc3CC2C)C(CC2CC2)=C(C)N=CC1. The van der Waals surface area contributed by atoms with Gasteiger partial charge in [-0.25, -0.2) is 0 Å². The molecule has 0 N–H and O–H groups in total. The van der Waals surface area contributed by atoms with Gasteiger partial charge in [0.15, 0.2) is 0 Å². The van der Waals surface area contributed by atoms with Crippen molar-refractivity contribution in [2.45, 2.75) is 98.3 Å². The lowest BCUT2D eigenvalue weighted by Crippen LogP contribution is -2.22. The summed E-state index contributed by atoms with van der Waals surface area (Å²) in [5.74, 6) is 3.14. The van der Waals surface area contributed by atoms with Gasteiger partial charge in [0.25, 0.3) is 0 Å². The number of fused-ring (bicyclic) bond motifs is 2.